The van der Waals surface area contributed by atoms with E-state index in [0.717, 1.165) is 49.7 Å². The zero-order valence-corrected chi connectivity index (χ0v) is 18.6. The second-order valence-electron chi connectivity index (χ2n) is 7.93. The van der Waals surface area contributed by atoms with E-state index in [4.69, 9.17) is 25.5 Å². The van der Waals surface area contributed by atoms with Crippen molar-refractivity contribution in [3.63, 3.8) is 0 Å². The number of fused-ring (bicyclic) bond motifs is 2. The van der Waals surface area contributed by atoms with E-state index in [2.05, 4.69) is 11.0 Å². The first-order valence-corrected chi connectivity index (χ1v) is 10.7. The number of nitrogens with zero attached hydrogens (tertiary/aromatic N) is 1. The Morgan fingerprint density at radius 1 is 1.09 bits per heavy atom. The molecule has 0 N–H and O–H groups in total. The van der Waals surface area contributed by atoms with E-state index >= 15 is 0 Å². The van der Waals surface area contributed by atoms with Crippen LogP contribution in [0.25, 0.3) is 22.1 Å². The molecule has 3 aromatic carbocycles. The fourth-order valence-electron chi connectivity index (χ4n) is 4.25. The lowest BCUT2D eigenvalue weighted by molar-refractivity contribution is 0.0881. The van der Waals surface area contributed by atoms with Crippen LogP contribution in [-0.4, -0.2) is 18.7 Å². The lowest BCUT2D eigenvalue weighted by Gasteiger charge is -2.30. The fraction of sp³-hybridized carbons (Fsp3) is 0.192. The van der Waals surface area contributed by atoms with Crippen molar-refractivity contribution in [2.45, 2.75) is 20.0 Å². The highest BCUT2D eigenvalue weighted by Crippen LogP contribution is 2.38. The molecule has 0 aliphatic carbocycles. The maximum absolute atomic E-state index is 12.4. The Hall–Kier alpha value is -3.28. The van der Waals surface area contributed by atoms with Crippen LogP contribution in [0.3, 0.4) is 0 Å². The molecule has 162 valence electrons. The molecule has 5 nitrogen and oxygen atoms in total. The van der Waals surface area contributed by atoms with E-state index in [1.807, 2.05) is 55.5 Å². The monoisotopic (exact) mass is 447 g/mol. The zero-order valence-electron chi connectivity index (χ0n) is 17.9. The van der Waals surface area contributed by atoms with Gasteiger partial charge in [-0.2, -0.15) is 0 Å². The number of rotatable bonds is 4. The molecule has 0 saturated carbocycles. The number of benzene rings is 3. The van der Waals surface area contributed by atoms with Crippen molar-refractivity contribution in [3.8, 4) is 22.6 Å². The van der Waals surface area contributed by atoms with Crippen LogP contribution in [0.1, 0.15) is 16.7 Å². The van der Waals surface area contributed by atoms with Gasteiger partial charge in [0, 0.05) is 40.7 Å². The van der Waals surface area contributed by atoms with Crippen LogP contribution in [0.5, 0.6) is 11.5 Å². The summed E-state index contributed by atoms with van der Waals surface area (Å²) in [6.45, 7) is 3.77. The Labute approximate surface area is 190 Å². The normalized spacial score (nSPS) is 13.6. The van der Waals surface area contributed by atoms with Gasteiger partial charge in [0.1, 0.15) is 23.8 Å². The van der Waals surface area contributed by atoms with E-state index < -0.39 is 0 Å². The summed E-state index contributed by atoms with van der Waals surface area (Å²) < 4.78 is 17.0. The molecule has 0 radical (unpaired) electrons. The van der Waals surface area contributed by atoms with Crippen LogP contribution in [0, 0.1) is 6.92 Å². The van der Waals surface area contributed by atoms with Crippen LogP contribution in [0.15, 0.2) is 69.9 Å². The first-order valence-electron chi connectivity index (χ1n) is 10.4. The van der Waals surface area contributed by atoms with Gasteiger partial charge in [-0.15, -0.1) is 0 Å². The highest BCUT2D eigenvalue weighted by atomic mass is 35.5. The van der Waals surface area contributed by atoms with Gasteiger partial charge in [-0.05, 0) is 47.9 Å². The smallest absolute Gasteiger partial charge is 0.336 e. The lowest BCUT2D eigenvalue weighted by atomic mass is 9.96. The predicted molar refractivity (Wildman–Crippen MR) is 125 cm³/mol. The van der Waals surface area contributed by atoms with Crippen LogP contribution >= 0.6 is 11.6 Å². The Morgan fingerprint density at radius 3 is 2.62 bits per heavy atom. The summed E-state index contributed by atoms with van der Waals surface area (Å²) in [7, 11) is 1.63. The number of hydrogen-bond donors (Lipinski definition) is 0. The number of aryl methyl sites for hydroxylation is 1. The largest absolute Gasteiger partial charge is 0.497 e. The fourth-order valence-corrected chi connectivity index (χ4v) is 4.44. The summed E-state index contributed by atoms with van der Waals surface area (Å²) in [6.07, 6.45) is 0. The van der Waals surface area contributed by atoms with E-state index in [1.165, 1.54) is 0 Å². The SMILES string of the molecule is COc1ccc(-c2cc(=O)oc3c(C)c4c(cc23)CN(Cc2ccccc2Cl)CO4)cc1. The zero-order chi connectivity index (χ0) is 22.2. The Morgan fingerprint density at radius 2 is 1.88 bits per heavy atom. The number of hydrogen-bond acceptors (Lipinski definition) is 5. The van der Waals surface area contributed by atoms with Gasteiger partial charge in [-0.25, -0.2) is 4.79 Å². The predicted octanol–water partition coefficient (Wildman–Crippen LogP) is 5.78. The minimum atomic E-state index is -0.387. The highest BCUT2D eigenvalue weighted by molar-refractivity contribution is 6.31. The summed E-state index contributed by atoms with van der Waals surface area (Å²) in [4.78, 5) is 14.6. The van der Waals surface area contributed by atoms with Crippen molar-refractivity contribution >= 4 is 22.6 Å². The number of methoxy groups -OCH3 is 1. The average Bonchev–Trinajstić information content (AvgIpc) is 2.81. The Bertz CT molecular complexity index is 1360. The maximum Gasteiger partial charge on any atom is 0.336 e. The van der Waals surface area contributed by atoms with E-state index in [0.29, 0.717) is 25.4 Å². The van der Waals surface area contributed by atoms with Gasteiger partial charge in [-0.3, -0.25) is 4.90 Å². The molecule has 0 amide bonds. The molecule has 4 aromatic rings. The van der Waals surface area contributed by atoms with Crippen molar-refractivity contribution in [1.29, 1.82) is 0 Å². The highest BCUT2D eigenvalue weighted by Gasteiger charge is 2.24. The van der Waals surface area contributed by atoms with Gasteiger partial charge in [0.2, 0.25) is 0 Å². The second-order valence-corrected chi connectivity index (χ2v) is 8.33. The Kier molecular flexibility index (Phi) is 5.37. The molecule has 5 rings (SSSR count). The molecule has 0 spiro atoms. The molecular formula is C26H22ClNO4. The Balaban J connectivity index is 1.58. The van der Waals surface area contributed by atoms with Crippen LogP contribution < -0.4 is 15.1 Å². The molecule has 0 atom stereocenters. The minimum absolute atomic E-state index is 0.387. The van der Waals surface area contributed by atoms with Crippen molar-refractivity contribution in [1.82, 2.24) is 4.90 Å². The third-order valence-electron chi connectivity index (χ3n) is 5.83. The molecule has 1 aliphatic rings. The summed E-state index contributed by atoms with van der Waals surface area (Å²) in [6, 6.07) is 19.1. The molecule has 0 bridgehead atoms. The van der Waals surface area contributed by atoms with Gasteiger partial charge in [0.05, 0.1) is 7.11 Å². The van der Waals surface area contributed by atoms with E-state index in [-0.39, 0.29) is 5.63 Å². The molecule has 0 fully saturated rings. The van der Waals surface area contributed by atoms with Gasteiger partial charge < -0.3 is 13.9 Å². The van der Waals surface area contributed by atoms with Gasteiger partial charge in [0.15, 0.2) is 0 Å². The first-order chi connectivity index (χ1) is 15.5. The van der Waals surface area contributed by atoms with Crippen LogP contribution in [-0.2, 0) is 13.1 Å². The molecular weight excluding hydrogens is 426 g/mol. The first kappa shape index (κ1) is 20.6. The lowest BCUT2D eigenvalue weighted by Crippen LogP contribution is -2.32. The summed E-state index contributed by atoms with van der Waals surface area (Å²) in [5.41, 5.74) is 4.87. The third-order valence-corrected chi connectivity index (χ3v) is 6.20. The summed E-state index contributed by atoms with van der Waals surface area (Å²) >= 11 is 6.35. The van der Waals surface area contributed by atoms with Crippen molar-refractivity contribution < 1.29 is 13.9 Å². The quantitative estimate of drug-likeness (QED) is 0.371. The molecule has 1 aliphatic heterocycles. The molecule has 2 heterocycles. The number of ether oxygens (including phenoxy) is 2. The number of halogens is 1. The molecule has 0 saturated heterocycles. The third kappa shape index (κ3) is 3.74. The maximum atomic E-state index is 12.4. The van der Waals surface area contributed by atoms with Crippen molar-refractivity contribution in [2.24, 2.45) is 0 Å². The topological polar surface area (TPSA) is 51.9 Å². The van der Waals surface area contributed by atoms with Gasteiger partial charge in [-0.1, -0.05) is 41.9 Å². The van der Waals surface area contributed by atoms with Crippen molar-refractivity contribution in [2.75, 3.05) is 13.8 Å². The van der Waals surface area contributed by atoms with Crippen molar-refractivity contribution in [3.05, 3.63) is 92.8 Å². The minimum Gasteiger partial charge on any atom is -0.497 e. The van der Waals surface area contributed by atoms with Crippen LogP contribution in [0.4, 0.5) is 0 Å². The average molecular weight is 448 g/mol. The summed E-state index contributed by atoms with van der Waals surface area (Å²) in [5, 5.41) is 1.63. The van der Waals surface area contributed by atoms with E-state index in [9.17, 15) is 4.79 Å². The van der Waals surface area contributed by atoms with Gasteiger partial charge in [0.25, 0.3) is 0 Å². The van der Waals surface area contributed by atoms with Gasteiger partial charge >= 0.3 is 5.63 Å². The standard InChI is InChI=1S/C26H22ClNO4/c1-16-25-19(14-28(15-31-25)13-18-5-3-4-6-23(18)27)11-22-21(12-24(29)32-26(16)22)17-7-9-20(30-2)10-8-17/h3-12H,13-15H2,1-2H3. The molecule has 32 heavy (non-hydrogen) atoms. The molecule has 0 unspecified atom stereocenters. The van der Waals surface area contributed by atoms with E-state index in [1.54, 1.807) is 13.2 Å². The molecule has 6 heteroatoms. The second kappa shape index (κ2) is 8.34. The molecule has 1 aromatic heterocycles. The summed E-state index contributed by atoms with van der Waals surface area (Å²) in [5.74, 6) is 1.54. The van der Waals surface area contributed by atoms with Crippen LogP contribution in [0.2, 0.25) is 5.02 Å².